The lowest BCUT2D eigenvalue weighted by molar-refractivity contribution is -0.135. The fraction of sp³-hybridized carbons (Fsp3) is 0.548. The molecule has 2 aromatic rings. The third-order valence-electron chi connectivity index (χ3n) is 7.38. The van der Waals surface area contributed by atoms with Crippen molar-refractivity contribution in [3.05, 3.63) is 29.3 Å². The van der Waals surface area contributed by atoms with Gasteiger partial charge in [0.05, 0.1) is 22.7 Å². The molecule has 1 aliphatic heterocycles. The summed E-state index contributed by atoms with van der Waals surface area (Å²) >= 11 is 1.22. The molecule has 0 unspecified atom stereocenters. The summed E-state index contributed by atoms with van der Waals surface area (Å²) in [6.07, 6.45) is 1.67. The summed E-state index contributed by atoms with van der Waals surface area (Å²) < 4.78 is 0.825. The van der Waals surface area contributed by atoms with Gasteiger partial charge in [0.1, 0.15) is 18.1 Å². The van der Waals surface area contributed by atoms with Gasteiger partial charge in [-0.15, -0.1) is 11.3 Å². The number of hydrogen-bond donors (Lipinski definition) is 7. The second kappa shape index (κ2) is 24.9. The van der Waals surface area contributed by atoms with Crippen molar-refractivity contribution < 1.29 is 28.8 Å². The first kappa shape index (κ1) is 49.9. The summed E-state index contributed by atoms with van der Waals surface area (Å²) in [6.45, 7) is 5.47. The van der Waals surface area contributed by atoms with Crippen molar-refractivity contribution in [1.29, 1.82) is 0 Å². The van der Waals surface area contributed by atoms with Gasteiger partial charge in [0.25, 0.3) is 0 Å². The van der Waals surface area contributed by atoms with Gasteiger partial charge in [-0.1, -0.05) is 26.0 Å². The second-order valence-corrected chi connectivity index (χ2v) is 12.9. The number of carbonyl (C=O) groups excluding carboxylic acids is 6. The fourth-order valence-electron chi connectivity index (χ4n) is 5.10. The van der Waals surface area contributed by atoms with Crippen LogP contribution in [-0.2, 0) is 24.0 Å². The summed E-state index contributed by atoms with van der Waals surface area (Å²) in [5.41, 5.74) is 11.6. The van der Waals surface area contributed by atoms with Gasteiger partial charge in [0, 0.05) is 20.0 Å². The van der Waals surface area contributed by atoms with Crippen LogP contribution < -0.4 is 38.1 Å². The number of rotatable bonds is 11. The molecule has 0 saturated carbocycles. The quantitative estimate of drug-likeness (QED) is 0.0730. The molecule has 1 aromatic heterocycles. The van der Waals surface area contributed by atoms with Crippen LogP contribution >= 0.6 is 65.3 Å². The Balaban J connectivity index is 0. The van der Waals surface area contributed by atoms with Crippen LogP contribution in [0.5, 0.6) is 0 Å². The lowest BCUT2D eigenvalue weighted by atomic mass is 10.00. The number of nitrogens with one attached hydrogen (secondary N) is 5. The van der Waals surface area contributed by atoms with Gasteiger partial charge in [0.15, 0.2) is 11.0 Å². The average molecular weight is 808 g/mol. The zero-order valence-corrected chi connectivity index (χ0v) is 33.8. The van der Waals surface area contributed by atoms with Crippen LogP contribution in [0.4, 0.5) is 0 Å². The molecule has 5 amide bonds. The van der Waals surface area contributed by atoms with Crippen molar-refractivity contribution in [3.63, 3.8) is 0 Å². The minimum absolute atomic E-state index is 0. The molecule has 2 heterocycles. The highest BCUT2D eigenvalue weighted by atomic mass is 32.1. The summed E-state index contributed by atoms with van der Waals surface area (Å²) in [5, 5.41) is 13.7. The van der Waals surface area contributed by atoms with Crippen LogP contribution in [0.15, 0.2) is 29.3 Å². The first-order valence-electron chi connectivity index (χ1n) is 15.7. The summed E-state index contributed by atoms with van der Waals surface area (Å²) in [4.78, 5) is 87.0. The zero-order chi connectivity index (χ0) is 34.5. The molecule has 1 saturated heterocycles. The number of amides is 5. The first-order valence-corrected chi connectivity index (χ1v) is 16.6. The lowest BCUT2D eigenvalue weighted by Crippen LogP contribution is -2.58. The molecule has 4 atom stereocenters. The number of guanidine groups is 1. The Morgan fingerprint density at radius 3 is 2.33 bits per heavy atom. The van der Waals surface area contributed by atoms with E-state index < -0.39 is 53.7 Å². The van der Waals surface area contributed by atoms with Crippen molar-refractivity contribution in [3.8, 4) is 0 Å². The molecule has 9 N–H and O–H groups in total. The Labute approximate surface area is 330 Å². The van der Waals surface area contributed by atoms with E-state index in [1.165, 1.54) is 18.3 Å². The molecule has 0 radical (unpaired) electrons. The third kappa shape index (κ3) is 16.8. The average Bonchev–Trinajstić information content (AvgIpc) is 3.44. The maximum atomic E-state index is 13.8. The Bertz CT molecular complexity index is 1460. The van der Waals surface area contributed by atoms with Gasteiger partial charge in [-0.25, -0.2) is 4.98 Å². The van der Waals surface area contributed by atoms with Gasteiger partial charge >= 0.3 is 0 Å². The maximum Gasteiger partial charge on any atom is 0.243 e. The predicted molar refractivity (Wildman–Crippen MR) is 220 cm³/mol. The molecule has 1 aromatic carbocycles. The molecular weight excluding hydrogens is 755 g/mol. The van der Waals surface area contributed by atoms with E-state index in [-0.39, 0.29) is 115 Å². The molecule has 1 aliphatic rings. The van der Waals surface area contributed by atoms with Crippen molar-refractivity contribution in [2.75, 3.05) is 13.1 Å². The lowest BCUT2D eigenvalue weighted by Gasteiger charge is -2.27. The Morgan fingerprint density at radius 2 is 1.71 bits per heavy atom. The van der Waals surface area contributed by atoms with Crippen LogP contribution in [0.25, 0.3) is 10.2 Å². The van der Waals surface area contributed by atoms with Gasteiger partial charge in [-0.05, 0) is 56.6 Å². The number of carbonyl (C=O) groups is 6. The number of aromatic nitrogens is 1. The molecule has 288 valence electrons. The van der Waals surface area contributed by atoms with Gasteiger partial charge in [-0.2, -0.15) is 54.0 Å². The summed E-state index contributed by atoms with van der Waals surface area (Å²) in [7, 11) is 0. The molecule has 20 heteroatoms. The van der Waals surface area contributed by atoms with Crippen LogP contribution in [0.3, 0.4) is 0 Å². The molecule has 1 fully saturated rings. The Morgan fingerprint density at radius 1 is 1.02 bits per heavy atom. The number of benzene rings is 1. The topological polar surface area (TPSA) is 240 Å². The number of aliphatic imine (C=N–C) groups is 1. The van der Waals surface area contributed by atoms with Gasteiger partial charge in [-0.3, -0.25) is 33.8 Å². The van der Waals surface area contributed by atoms with Gasteiger partial charge < -0.3 is 38.1 Å². The minimum Gasteiger partial charge on any atom is -0.370 e. The van der Waals surface area contributed by atoms with E-state index in [4.69, 9.17) is 11.5 Å². The van der Waals surface area contributed by atoms with Crippen molar-refractivity contribution in [1.82, 2.24) is 31.6 Å². The fourth-order valence-corrected chi connectivity index (χ4v) is 6.06. The number of ketones is 1. The van der Waals surface area contributed by atoms with Crippen molar-refractivity contribution in [2.45, 2.75) is 89.9 Å². The second-order valence-electron chi connectivity index (χ2n) is 11.9. The number of para-hydroxylation sites is 1. The summed E-state index contributed by atoms with van der Waals surface area (Å²) in [6, 6.07) is 3.04. The minimum atomic E-state index is -1.19. The van der Waals surface area contributed by atoms with E-state index in [1.807, 2.05) is 32.0 Å². The normalized spacial score (nSPS) is 18.7. The van der Waals surface area contributed by atoms with Crippen LogP contribution in [0, 0.1) is 5.92 Å². The predicted octanol–water partition coefficient (Wildman–Crippen LogP) is 0.679. The standard InChI is InChI=1S/C31H45N9O6S.4H2S/c1-17(2)15-22-28(45)38-21(10-6-7-13-34-25(42)16-23(29(46)39-22)36-18(3)41)27(44)37-20(11-8-14-35-31(32)33)26(43)30-40-19-9-4-5-12-24(19)47-30;;;;/h4-5,9,12,17,20-23H,6-8,10-11,13-16H2,1-3H3,(H,34,42)(H,36,41)(H,37,44)(H,38,45)(H,39,46)(H4,32,33,35);4*1H2/t20-,21-,22-,23-;;;;/m0..../s1. The van der Waals surface area contributed by atoms with E-state index in [2.05, 4.69) is 36.6 Å². The molecule has 0 spiro atoms. The summed E-state index contributed by atoms with van der Waals surface area (Å²) in [5.74, 6) is -3.32. The number of thiazole rings is 1. The molecule has 0 bridgehead atoms. The third-order valence-corrected chi connectivity index (χ3v) is 8.43. The van der Waals surface area contributed by atoms with E-state index in [0.29, 0.717) is 24.8 Å². The Kier molecular flexibility index (Phi) is 24.4. The van der Waals surface area contributed by atoms with E-state index in [9.17, 15) is 28.8 Å². The largest absolute Gasteiger partial charge is 0.370 e. The zero-order valence-electron chi connectivity index (χ0n) is 29.0. The monoisotopic (exact) mass is 807 g/mol. The highest BCUT2D eigenvalue weighted by Gasteiger charge is 2.33. The smallest absolute Gasteiger partial charge is 0.243 e. The van der Waals surface area contributed by atoms with Crippen molar-refractivity contribution >= 4 is 117 Å². The molecular formula is C31H53N9O6S5. The molecule has 0 aliphatic carbocycles. The molecule has 51 heavy (non-hydrogen) atoms. The van der Waals surface area contributed by atoms with Gasteiger partial charge in [0.2, 0.25) is 35.3 Å². The molecule has 15 nitrogen and oxygen atoms in total. The van der Waals surface area contributed by atoms with E-state index in [0.717, 1.165) is 4.70 Å². The number of nitrogens with two attached hydrogens (primary N) is 2. The van der Waals surface area contributed by atoms with E-state index >= 15 is 0 Å². The van der Waals surface area contributed by atoms with Crippen molar-refractivity contribution in [2.24, 2.45) is 22.4 Å². The molecule has 3 rings (SSSR count). The first-order chi connectivity index (χ1) is 22.3. The Hall–Kier alpha value is -3.20. The highest BCUT2D eigenvalue weighted by Crippen LogP contribution is 2.23. The number of nitrogens with zero attached hydrogens (tertiary/aromatic N) is 2. The highest BCUT2D eigenvalue weighted by molar-refractivity contribution is 7.59. The number of fused-ring (bicyclic) bond motifs is 1. The van der Waals surface area contributed by atoms with E-state index in [1.54, 1.807) is 6.07 Å². The van der Waals surface area contributed by atoms with Crippen LogP contribution in [0.2, 0.25) is 0 Å². The van der Waals surface area contributed by atoms with Crippen LogP contribution in [-0.4, -0.2) is 83.5 Å². The van der Waals surface area contributed by atoms with Crippen LogP contribution in [0.1, 0.15) is 75.5 Å². The SMILES string of the molecule is CC(=O)N[C@H]1CC(=O)NCCCC[C@@H](C(=O)N[C@@H](CCCN=C(N)N)C(=O)c2nc3ccccc3s2)NC(=O)[C@H](CC(C)C)NC1=O.S.S.S.S. The number of Topliss-reactive ketones (excluding diaryl/α,β-unsaturated/α-hetero) is 1. The maximum absolute atomic E-state index is 13.8. The number of hydrogen-bond acceptors (Lipinski definition) is 9.